The normalized spacial score (nSPS) is 53.1. The summed E-state index contributed by atoms with van der Waals surface area (Å²) < 4.78 is 22.9. The molecule has 0 aromatic rings. The van der Waals surface area contributed by atoms with Crippen LogP contribution in [0.5, 0.6) is 0 Å². The Labute approximate surface area is 191 Å². The zero-order valence-corrected chi connectivity index (χ0v) is 18.6. The van der Waals surface area contributed by atoms with Crippen LogP contribution < -0.4 is 22.9 Å². The maximum atomic E-state index is 10.7. The first-order chi connectivity index (χ1) is 15.3. The molecule has 3 aliphatic rings. The number of hydrogen-bond donors (Lipinski definition) is 10. The monoisotopic (exact) mass is 482 g/mol. The van der Waals surface area contributed by atoms with Gasteiger partial charge < -0.3 is 72.5 Å². The van der Waals surface area contributed by atoms with Gasteiger partial charge in [-0.1, -0.05) is 0 Å². The Morgan fingerprint density at radius 3 is 1.82 bits per heavy atom. The van der Waals surface area contributed by atoms with Gasteiger partial charge in [0.15, 0.2) is 12.6 Å². The van der Waals surface area contributed by atoms with E-state index < -0.39 is 97.8 Å². The summed E-state index contributed by atoms with van der Waals surface area (Å²) in [4.78, 5) is 0. The predicted octanol–water partition coefficient (Wildman–Crippen LogP) is -5.88. The lowest BCUT2D eigenvalue weighted by molar-refractivity contribution is -0.315. The van der Waals surface area contributed by atoms with E-state index in [2.05, 4.69) is 0 Å². The van der Waals surface area contributed by atoms with E-state index in [4.69, 9.17) is 41.9 Å². The lowest BCUT2D eigenvalue weighted by Crippen LogP contribution is -2.68. The number of rotatable bonds is 6. The lowest BCUT2D eigenvalue weighted by Gasteiger charge is -2.47. The van der Waals surface area contributed by atoms with Crippen LogP contribution in [0.4, 0.5) is 0 Å². The molecule has 14 N–H and O–H groups in total. The summed E-state index contributed by atoms with van der Waals surface area (Å²) in [6.45, 7) is 2.96. The van der Waals surface area contributed by atoms with Crippen molar-refractivity contribution < 1.29 is 49.6 Å². The Kier molecular flexibility index (Phi) is 8.68. The molecule has 0 radical (unpaired) electrons. The molecular weight excluding hydrogens is 444 g/mol. The van der Waals surface area contributed by atoms with Crippen molar-refractivity contribution in [1.82, 2.24) is 0 Å². The van der Waals surface area contributed by atoms with E-state index in [1.165, 1.54) is 6.92 Å². The topological polar surface area (TPSA) is 262 Å². The SMILES string of the molecule is C[C@H](N)[C@H]1O[C@@H](O[C@@H]2C(O)[C@H](N)CC(N)[C@H]2O[C@H]2OC([C@@H](C)O)[C@@H](O)[C@H](O)C2N)C(O)[C@H]1O. The van der Waals surface area contributed by atoms with Gasteiger partial charge in [-0.25, -0.2) is 0 Å². The second-order valence-corrected chi connectivity index (χ2v) is 9.33. The molecule has 1 saturated carbocycles. The average molecular weight is 483 g/mol. The highest BCUT2D eigenvalue weighted by Gasteiger charge is 2.52. The van der Waals surface area contributed by atoms with E-state index in [-0.39, 0.29) is 6.42 Å². The zero-order valence-electron chi connectivity index (χ0n) is 18.6. The maximum Gasteiger partial charge on any atom is 0.187 e. The molecule has 14 heteroatoms. The molecule has 14 nitrogen and oxygen atoms in total. The van der Waals surface area contributed by atoms with Crippen molar-refractivity contribution in [3.8, 4) is 0 Å². The van der Waals surface area contributed by atoms with Crippen LogP contribution in [0.25, 0.3) is 0 Å². The van der Waals surface area contributed by atoms with E-state index in [9.17, 15) is 30.6 Å². The fraction of sp³-hybridized carbons (Fsp3) is 1.00. The Bertz CT molecular complexity index is 648. The van der Waals surface area contributed by atoms with Crippen molar-refractivity contribution in [3.63, 3.8) is 0 Å². The highest BCUT2D eigenvalue weighted by Crippen LogP contribution is 2.32. The third-order valence-electron chi connectivity index (χ3n) is 6.58. The highest BCUT2D eigenvalue weighted by molar-refractivity contribution is 5.02. The summed E-state index contributed by atoms with van der Waals surface area (Å²) in [5, 5.41) is 61.6. The molecule has 2 aliphatic heterocycles. The molecule has 0 amide bonds. The Balaban J connectivity index is 1.80. The fourth-order valence-electron chi connectivity index (χ4n) is 4.57. The van der Waals surface area contributed by atoms with Crippen molar-refractivity contribution in [2.75, 3.05) is 0 Å². The molecule has 0 aromatic heterocycles. The molecule has 1 aliphatic carbocycles. The van der Waals surface area contributed by atoms with Crippen molar-refractivity contribution in [2.24, 2.45) is 22.9 Å². The van der Waals surface area contributed by atoms with E-state index in [1.54, 1.807) is 6.92 Å². The van der Waals surface area contributed by atoms with Gasteiger partial charge in [0, 0.05) is 18.1 Å². The summed E-state index contributed by atoms with van der Waals surface area (Å²) in [6.07, 6.45) is -15.2. The minimum Gasteiger partial charge on any atom is -0.391 e. The molecule has 3 rings (SSSR count). The first kappa shape index (κ1) is 27.0. The van der Waals surface area contributed by atoms with Crippen LogP contribution in [-0.4, -0.2) is 128 Å². The van der Waals surface area contributed by atoms with Crippen LogP contribution in [0.15, 0.2) is 0 Å². The van der Waals surface area contributed by atoms with Gasteiger partial charge in [0.25, 0.3) is 0 Å². The van der Waals surface area contributed by atoms with Gasteiger partial charge in [-0.3, -0.25) is 0 Å². The van der Waals surface area contributed by atoms with Gasteiger partial charge >= 0.3 is 0 Å². The first-order valence-electron chi connectivity index (χ1n) is 11.1. The van der Waals surface area contributed by atoms with Crippen molar-refractivity contribution in [2.45, 2.75) is 118 Å². The minimum absolute atomic E-state index is 0.137. The molecule has 2 heterocycles. The number of aliphatic hydroxyl groups is 6. The molecule has 0 spiro atoms. The second kappa shape index (κ2) is 10.6. The van der Waals surface area contributed by atoms with Crippen LogP contribution in [0, 0.1) is 0 Å². The largest absolute Gasteiger partial charge is 0.391 e. The molecule has 16 atom stereocenters. The van der Waals surface area contributed by atoms with Gasteiger partial charge in [0.2, 0.25) is 0 Å². The van der Waals surface area contributed by atoms with Gasteiger partial charge in [-0.2, -0.15) is 0 Å². The molecule has 194 valence electrons. The van der Waals surface area contributed by atoms with E-state index in [1.807, 2.05) is 0 Å². The van der Waals surface area contributed by atoms with Crippen LogP contribution in [0.2, 0.25) is 0 Å². The van der Waals surface area contributed by atoms with Gasteiger partial charge in [-0.15, -0.1) is 0 Å². The number of nitrogens with two attached hydrogens (primary N) is 4. The van der Waals surface area contributed by atoms with Crippen molar-refractivity contribution >= 4 is 0 Å². The quantitative estimate of drug-likeness (QED) is 0.169. The smallest absolute Gasteiger partial charge is 0.187 e. The van der Waals surface area contributed by atoms with E-state index >= 15 is 0 Å². The Morgan fingerprint density at radius 2 is 1.27 bits per heavy atom. The summed E-state index contributed by atoms with van der Waals surface area (Å²) in [6, 6.07) is -3.41. The lowest BCUT2D eigenvalue weighted by atomic mass is 9.84. The van der Waals surface area contributed by atoms with Crippen molar-refractivity contribution in [3.05, 3.63) is 0 Å². The summed E-state index contributed by atoms with van der Waals surface area (Å²) in [5.41, 5.74) is 24.0. The fourth-order valence-corrected chi connectivity index (χ4v) is 4.57. The molecular formula is C19H38N4O10. The van der Waals surface area contributed by atoms with Crippen LogP contribution >= 0.6 is 0 Å². The standard InChI is InChI=1S/C19H38N4O10/c1-4(20)14-12(28)13(29)19(30-14)33-17-9(25)6(21)3-7(22)16(17)32-18-8(23)10(26)11(27)15(31-18)5(2)24/h4-19,24-29H,3,20-23H2,1-2H3/t4-,5+,6+,7?,8?,9?,10+,11-,12+,13?,14+,15?,16+,17+,18+,19-/m0/s1. The summed E-state index contributed by atoms with van der Waals surface area (Å²) in [7, 11) is 0. The van der Waals surface area contributed by atoms with E-state index in [0.29, 0.717) is 0 Å². The third kappa shape index (κ3) is 5.34. The maximum absolute atomic E-state index is 10.7. The molecule has 2 saturated heterocycles. The Morgan fingerprint density at radius 1 is 0.727 bits per heavy atom. The average Bonchev–Trinajstić information content (AvgIpc) is 3.02. The van der Waals surface area contributed by atoms with Crippen molar-refractivity contribution in [1.29, 1.82) is 0 Å². The predicted molar refractivity (Wildman–Crippen MR) is 111 cm³/mol. The van der Waals surface area contributed by atoms with Gasteiger partial charge in [0.05, 0.1) is 18.2 Å². The number of hydrogen-bond acceptors (Lipinski definition) is 14. The van der Waals surface area contributed by atoms with Crippen LogP contribution in [-0.2, 0) is 18.9 Å². The molecule has 33 heavy (non-hydrogen) atoms. The molecule has 3 fully saturated rings. The summed E-state index contributed by atoms with van der Waals surface area (Å²) in [5.74, 6) is 0. The number of ether oxygens (including phenoxy) is 4. The molecule has 5 unspecified atom stereocenters. The molecule has 0 bridgehead atoms. The zero-order chi connectivity index (χ0) is 24.8. The minimum atomic E-state index is -1.48. The number of aliphatic hydroxyl groups excluding tert-OH is 6. The molecule has 0 aromatic carbocycles. The van der Waals surface area contributed by atoms with Gasteiger partial charge in [0.1, 0.15) is 48.8 Å². The second-order valence-electron chi connectivity index (χ2n) is 9.33. The van der Waals surface area contributed by atoms with E-state index in [0.717, 1.165) is 0 Å². The van der Waals surface area contributed by atoms with Crippen LogP contribution in [0.1, 0.15) is 20.3 Å². The third-order valence-corrected chi connectivity index (χ3v) is 6.58. The van der Waals surface area contributed by atoms with Crippen LogP contribution in [0.3, 0.4) is 0 Å². The highest BCUT2D eigenvalue weighted by atomic mass is 16.7. The Hall–Kier alpha value is -0.560. The first-order valence-corrected chi connectivity index (χ1v) is 11.1. The van der Waals surface area contributed by atoms with Gasteiger partial charge in [-0.05, 0) is 20.3 Å². The summed E-state index contributed by atoms with van der Waals surface area (Å²) >= 11 is 0.